The van der Waals surface area contributed by atoms with Crippen LogP contribution in [0.1, 0.15) is 31.7 Å². The maximum absolute atomic E-state index is 12.2. The lowest BCUT2D eigenvalue weighted by molar-refractivity contribution is -0.0498. The molecule has 0 unspecified atom stereocenters. The fraction of sp³-hybridized carbons (Fsp3) is 0.391. The monoisotopic (exact) mass is 386 g/mol. The third-order valence-electron chi connectivity index (χ3n) is 5.56. The second-order valence-electron chi connectivity index (χ2n) is 7.45. The van der Waals surface area contributed by atoms with Crippen molar-refractivity contribution in [1.82, 2.24) is 0 Å². The number of hydrogen-bond acceptors (Lipinski definition) is 1. The molecule has 2 aromatic rings. The highest BCUT2D eigenvalue weighted by molar-refractivity contribution is 6.64. The highest BCUT2D eigenvalue weighted by atomic mass is 28.3. The summed E-state index contributed by atoms with van der Waals surface area (Å²) in [6.07, 6.45) is 7.49. The zero-order valence-corrected chi connectivity index (χ0v) is 17.1. The van der Waals surface area contributed by atoms with E-state index in [9.17, 15) is 8.78 Å². The third-order valence-corrected chi connectivity index (χ3v) is 8.64. The first-order valence-corrected chi connectivity index (χ1v) is 12.2. The van der Waals surface area contributed by atoms with E-state index >= 15 is 0 Å². The van der Waals surface area contributed by atoms with Gasteiger partial charge in [-0.3, -0.25) is 0 Å². The van der Waals surface area contributed by atoms with Crippen molar-refractivity contribution < 1.29 is 13.5 Å². The number of hydrogen-bond donors (Lipinski definition) is 0. The molecule has 0 amide bonds. The van der Waals surface area contributed by atoms with Gasteiger partial charge in [-0.2, -0.15) is 8.78 Å². The van der Waals surface area contributed by atoms with Gasteiger partial charge < -0.3 is 4.74 Å². The summed E-state index contributed by atoms with van der Waals surface area (Å²) in [7, 11) is -0.548. The van der Waals surface area contributed by atoms with Crippen LogP contribution in [0.3, 0.4) is 0 Å². The zero-order valence-electron chi connectivity index (χ0n) is 15.9. The molecule has 0 radical (unpaired) electrons. The number of alkyl halides is 2. The number of halogens is 2. The Morgan fingerprint density at radius 2 is 1.59 bits per heavy atom. The first-order chi connectivity index (χ1) is 13.1. The molecule has 0 aliphatic carbocycles. The van der Waals surface area contributed by atoms with E-state index in [1.165, 1.54) is 36.9 Å². The quantitative estimate of drug-likeness (QED) is 0.485. The maximum atomic E-state index is 12.2. The first-order valence-electron chi connectivity index (χ1n) is 9.91. The Kier molecular flexibility index (Phi) is 7.22. The van der Waals surface area contributed by atoms with Crippen molar-refractivity contribution in [3.8, 4) is 16.9 Å². The molecule has 1 heterocycles. The molecule has 1 aliphatic rings. The number of benzene rings is 2. The Morgan fingerprint density at radius 3 is 2.15 bits per heavy atom. The highest BCUT2D eigenvalue weighted by Crippen LogP contribution is 2.30. The summed E-state index contributed by atoms with van der Waals surface area (Å²) in [6.45, 7) is -0.635. The van der Waals surface area contributed by atoms with Gasteiger partial charge >= 0.3 is 6.61 Å². The van der Waals surface area contributed by atoms with E-state index in [4.69, 9.17) is 0 Å². The zero-order chi connectivity index (χ0) is 19.1. The van der Waals surface area contributed by atoms with Gasteiger partial charge in [-0.15, -0.1) is 5.70 Å². The van der Waals surface area contributed by atoms with Crippen LogP contribution in [0.4, 0.5) is 8.78 Å². The Bertz CT molecular complexity index is 717. The minimum Gasteiger partial charge on any atom is -0.435 e. The summed E-state index contributed by atoms with van der Waals surface area (Å²) in [6, 6.07) is 18.4. The summed E-state index contributed by atoms with van der Waals surface area (Å²) < 4.78 is 28.9. The topological polar surface area (TPSA) is 9.23 Å². The van der Waals surface area contributed by atoms with E-state index < -0.39 is 15.4 Å². The Balaban J connectivity index is 1.50. The van der Waals surface area contributed by atoms with E-state index in [2.05, 4.69) is 47.7 Å². The van der Waals surface area contributed by atoms with Crippen molar-refractivity contribution in [3.63, 3.8) is 0 Å². The largest absolute Gasteiger partial charge is 0.435 e. The van der Waals surface area contributed by atoms with Crippen LogP contribution in [0.2, 0.25) is 12.1 Å². The Labute approximate surface area is 162 Å². The second-order valence-corrected chi connectivity index (χ2v) is 10.5. The number of rotatable bonds is 7. The predicted molar refractivity (Wildman–Crippen MR) is 111 cm³/mol. The van der Waals surface area contributed by atoms with Crippen LogP contribution < -0.4 is 4.74 Å². The fourth-order valence-electron chi connectivity index (χ4n) is 4.00. The number of allylic oxidation sites excluding steroid dienone is 1. The third kappa shape index (κ3) is 6.03. The van der Waals surface area contributed by atoms with E-state index in [1.807, 2.05) is 12.1 Å². The van der Waals surface area contributed by atoms with E-state index in [0.717, 1.165) is 23.5 Å². The van der Waals surface area contributed by atoms with Gasteiger partial charge in [-0.1, -0.05) is 67.4 Å². The summed E-state index contributed by atoms with van der Waals surface area (Å²) in [5.41, 5.74) is 5.99. The second kappa shape index (κ2) is 9.84. The molecule has 0 aromatic heterocycles. The average Bonchev–Trinajstić information content (AvgIpc) is 2.68. The van der Waals surface area contributed by atoms with Crippen LogP contribution in [-0.4, -0.2) is 15.4 Å². The lowest BCUT2D eigenvalue weighted by atomic mass is 9.93. The number of ether oxygens (including phenoxy) is 1. The van der Waals surface area contributed by atoms with Gasteiger partial charge in [0.2, 0.25) is 0 Å². The molecule has 4 heteroatoms. The first kappa shape index (κ1) is 19.8. The molecule has 3 rings (SSSR count). The molecule has 0 atom stereocenters. The fourth-order valence-corrected chi connectivity index (χ4v) is 7.02. The molecule has 0 N–H and O–H groups in total. The summed E-state index contributed by atoms with van der Waals surface area (Å²) >= 11 is 0. The summed E-state index contributed by atoms with van der Waals surface area (Å²) in [4.78, 5) is 0. The van der Waals surface area contributed by atoms with E-state index in [-0.39, 0.29) is 5.75 Å². The number of aryl methyl sites for hydroxylation is 1. The smallest absolute Gasteiger partial charge is 0.387 e. The van der Waals surface area contributed by atoms with Crippen molar-refractivity contribution in [2.75, 3.05) is 0 Å². The minimum absolute atomic E-state index is 0.192. The van der Waals surface area contributed by atoms with Crippen molar-refractivity contribution in [1.29, 1.82) is 0 Å². The van der Waals surface area contributed by atoms with Crippen LogP contribution in [0.5, 0.6) is 5.75 Å². The van der Waals surface area contributed by atoms with Crippen molar-refractivity contribution in [3.05, 3.63) is 65.9 Å². The molecular formula is C23H28F2OSi. The van der Waals surface area contributed by atoms with Crippen molar-refractivity contribution in [2.45, 2.75) is 51.3 Å². The Hall–Kier alpha value is -1.94. The van der Waals surface area contributed by atoms with Crippen molar-refractivity contribution in [2.24, 2.45) is 5.92 Å². The van der Waals surface area contributed by atoms with Gasteiger partial charge in [0.1, 0.15) is 5.75 Å². The molecular weight excluding hydrogens is 358 g/mol. The van der Waals surface area contributed by atoms with Gasteiger partial charge in [0.15, 0.2) is 0 Å². The van der Waals surface area contributed by atoms with Crippen LogP contribution in [0.15, 0.2) is 60.3 Å². The predicted octanol–water partition coefficient (Wildman–Crippen LogP) is 6.64. The van der Waals surface area contributed by atoms with Crippen LogP contribution in [-0.2, 0) is 6.42 Å². The molecule has 2 aromatic carbocycles. The molecule has 0 spiro atoms. The summed E-state index contributed by atoms with van der Waals surface area (Å²) in [5.74, 6) is 1.08. The average molecular weight is 387 g/mol. The van der Waals surface area contributed by atoms with E-state index in [1.54, 1.807) is 12.1 Å². The van der Waals surface area contributed by atoms with Crippen LogP contribution in [0, 0.1) is 5.92 Å². The van der Waals surface area contributed by atoms with Crippen LogP contribution in [0.25, 0.3) is 11.1 Å². The molecule has 1 fully saturated rings. The normalized spacial score (nSPS) is 20.3. The molecule has 1 nitrogen and oxygen atoms in total. The maximum Gasteiger partial charge on any atom is 0.387 e. The van der Waals surface area contributed by atoms with E-state index in [0.29, 0.717) is 0 Å². The van der Waals surface area contributed by atoms with Gasteiger partial charge in [0.25, 0.3) is 0 Å². The Morgan fingerprint density at radius 1 is 1.00 bits per heavy atom. The van der Waals surface area contributed by atoms with Crippen LogP contribution >= 0.6 is 0 Å². The van der Waals surface area contributed by atoms with Gasteiger partial charge in [-0.25, -0.2) is 0 Å². The molecule has 144 valence electrons. The standard InChI is InChI=1S/C23H28F2OSi/c1-2-15-27-16-13-19(14-17-27)4-3-18-5-7-20(8-6-18)21-9-11-22(12-10-21)26-23(24)25/h2,5-12,15,19,23,27H,3-4,13-14,16-17H2,1H3/b15-2+. The molecule has 1 saturated heterocycles. The molecule has 27 heavy (non-hydrogen) atoms. The minimum atomic E-state index is -2.78. The highest BCUT2D eigenvalue weighted by Gasteiger charge is 2.20. The van der Waals surface area contributed by atoms with Gasteiger partial charge in [0.05, 0.1) is 8.80 Å². The van der Waals surface area contributed by atoms with Crippen molar-refractivity contribution >= 4 is 8.80 Å². The van der Waals surface area contributed by atoms with Gasteiger partial charge in [0, 0.05) is 0 Å². The molecule has 0 saturated carbocycles. The lowest BCUT2D eigenvalue weighted by Crippen LogP contribution is -2.19. The molecule has 1 aliphatic heterocycles. The lowest BCUT2D eigenvalue weighted by Gasteiger charge is -2.25. The van der Waals surface area contributed by atoms with Gasteiger partial charge in [-0.05, 0) is 54.5 Å². The molecule has 0 bridgehead atoms. The summed E-state index contributed by atoms with van der Waals surface area (Å²) in [5, 5.41) is 0. The SMILES string of the molecule is C/C=C/[SiH]1CCC(CCc2ccc(-c3ccc(OC(F)F)cc3)cc2)CC1.